The van der Waals surface area contributed by atoms with Crippen molar-refractivity contribution in [2.24, 2.45) is 0 Å². The molecule has 0 atom stereocenters. The fourth-order valence-corrected chi connectivity index (χ4v) is 1.05. The normalized spacial score (nSPS) is 9.73. The molecular formula is C10H13NO4. The van der Waals surface area contributed by atoms with Gasteiger partial charge in [-0.05, 0) is 19.9 Å². The van der Waals surface area contributed by atoms with Gasteiger partial charge in [-0.15, -0.1) is 0 Å². The van der Waals surface area contributed by atoms with Crippen molar-refractivity contribution in [2.45, 2.75) is 13.8 Å². The van der Waals surface area contributed by atoms with Crippen LogP contribution in [0.5, 0.6) is 0 Å². The number of aryl methyl sites for hydroxylation is 1. The van der Waals surface area contributed by atoms with Crippen LogP contribution in [0, 0.1) is 6.92 Å². The van der Waals surface area contributed by atoms with Gasteiger partial charge in [0.25, 0.3) is 5.91 Å². The zero-order valence-electron chi connectivity index (χ0n) is 8.70. The summed E-state index contributed by atoms with van der Waals surface area (Å²) in [5.74, 6) is -0.653. The highest BCUT2D eigenvalue weighted by molar-refractivity contribution is 5.94. The summed E-state index contributed by atoms with van der Waals surface area (Å²) in [5, 5.41) is 2.40. The Bertz CT molecular complexity index is 356. The van der Waals surface area contributed by atoms with Crippen molar-refractivity contribution >= 4 is 11.9 Å². The summed E-state index contributed by atoms with van der Waals surface area (Å²) >= 11 is 0. The van der Waals surface area contributed by atoms with Gasteiger partial charge in [0, 0.05) is 5.56 Å². The highest BCUT2D eigenvalue weighted by Crippen LogP contribution is 2.07. The molecule has 0 bridgehead atoms. The van der Waals surface area contributed by atoms with Crippen molar-refractivity contribution in [3.63, 3.8) is 0 Å². The van der Waals surface area contributed by atoms with Gasteiger partial charge in [-0.3, -0.25) is 9.59 Å². The first-order valence-corrected chi connectivity index (χ1v) is 4.63. The van der Waals surface area contributed by atoms with E-state index >= 15 is 0 Å². The van der Waals surface area contributed by atoms with Crippen LogP contribution in [0.25, 0.3) is 0 Å². The number of esters is 1. The first-order valence-electron chi connectivity index (χ1n) is 4.63. The maximum absolute atomic E-state index is 11.4. The Morgan fingerprint density at radius 1 is 1.53 bits per heavy atom. The predicted molar refractivity (Wildman–Crippen MR) is 52.4 cm³/mol. The van der Waals surface area contributed by atoms with Gasteiger partial charge in [-0.2, -0.15) is 0 Å². The number of hydrogen-bond acceptors (Lipinski definition) is 4. The molecule has 0 aliphatic heterocycles. The molecule has 0 radical (unpaired) electrons. The van der Waals surface area contributed by atoms with E-state index in [9.17, 15) is 9.59 Å². The fraction of sp³-hybridized carbons (Fsp3) is 0.400. The molecule has 1 aromatic heterocycles. The highest BCUT2D eigenvalue weighted by Gasteiger charge is 2.13. The number of hydrogen-bond donors (Lipinski definition) is 1. The fourth-order valence-electron chi connectivity index (χ4n) is 1.05. The monoisotopic (exact) mass is 211 g/mol. The largest absolute Gasteiger partial charge is 0.465 e. The molecule has 0 saturated carbocycles. The summed E-state index contributed by atoms with van der Waals surface area (Å²) in [6.45, 7) is 3.61. The third-order valence-corrected chi connectivity index (χ3v) is 1.77. The van der Waals surface area contributed by atoms with E-state index in [0.717, 1.165) is 5.56 Å². The predicted octanol–water partition coefficient (Wildman–Crippen LogP) is 0.881. The maximum atomic E-state index is 11.4. The summed E-state index contributed by atoms with van der Waals surface area (Å²) in [7, 11) is 0. The molecule has 0 fully saturated rings. The Morgan fingerprint density at radius 3 is 2.80 bits per heavy atom. The molecule has 15 heavy (non-hydrogen) atoms. The first kappa shape index (κ1) is 11.3. The summed E-state index contributed by atoms with van der Waals surface area (Å²) in [6.07, 6.45) is 1.43. The molecule has 1 rings (SSSR count). The molecule has 1 N–H and O–H groups in total. The molecule has 0 saturated heterocycles. The van der Waals surface area contributed by atoms with Gasteiger partial charge in [0.05, 0.1) is 12.9 Å². The molecule has 1 aromatic rings. The number of amides is 1. The first-order chi connectivity index (χ1) is 7.15. The van der Waals surface area contributed by atoms with E-state index in [2.05, 4.69) is 10.1 Å². The van der Waals surface area contributed by atoms with E-state index in [1.807, 2.05) is 0 Å². The topological polar surface area (TPSA) is 68.5 Å². The average Bonchev–Trinajstić information content (AvgIpc) is 2.61. The van der Waals surface area contributed by atoms with Crippen molar-refractivity contribution in [3.05, 3.63) is 23.7 Å². The summed E-state index contributed by atoms with van der Waals surface area (Å²) in [5.41, 5.74) is 0.733. The lowest BCUT2D eigenvalue weighted by atomic mass is 10.3. The second kappa shape index (κ2) is 5.19. The van der Waals surface area contributed by atoms with E-state index in [1.54, 1.807) is 19.9 Å². The van der Waals surface area contributed by atoms with Gasteiger partial charge in [-0.25, -0.2) is 0 Å². The van der Waals surface area contributed by atoms with Gasteiger partial charge in [0.1, 0.15) is 6.54 Å². The number of furan rings is 1. The van der Waals surface area contributed by atoms with Crippen LogP contribution in [0.15, 0.2) is 16.7 Å². The van der Waals surface area contributed by atoms with Crippen molar-refractivity contribution in [1.82, 2.24) is 5.32 Å². The van der Waals surface area contributed by atoms with E-state index < -0.39 is 11.9 Å². The third-order valence-electron chi connectivity index (χ3n) is 1.77. The van der Waals surface area contributed by atoms with Crippen LogP contribution in [-0.2, 0) is 9.53 Å². The number of ether oxygens (including phenoxy) is 1. The highest BCUT2D eigenvalue weighted by atomic mass is 16.5. The zero-order chi connectivity index (χ0) is 11.3. The molecule has 0 aromatic carbocycles. The molecule has 0 aliphatic rings. The van der Waals surface area contributed by atoms with Crippen molar-refractivity contribution in [1.29, 1.82) is 0 Å². The number of rotatable bonds is 4. The van der Waals surface area contributed by atoms with Gasteiger partial charge >= 0.3 is 5.97 Å². The molecule has 82 valence electrons. The van der Waals surface area contributed by atoms with E-state index in [4.69, 9.17) is 4.42 Å². The number of nitrogens with one attached hydrogen (secondary N) is 1. The Labute approximate surface area is 87.4 Å². The summed E-state index contributed by atoms with van der Waals surface area (Å²) < 4.78 is 9.61. The maximum Gasteiger partial charge on any atom is 0.325 e. The van der Waals surface area contributed by atoms with Crippen LogP contribution in [0.2, 0.25) is 0 Å². The van der Waals surface area contributed by atoms with Crippen LogP contribution in [0.4, 0.5) is 0 Å². The molecular weight excluding hydrogens is 198 g/mol. The lowest BCUT2D eigenvalue weighted by Gasteiger charge is -2.03. The SMILES string of the molecule is CCOC(=O)CNC(=O)c1occc1C. The Hall–Kier alpha value is -1.78. The molecule has 0 aliphatic carbocycles. The summed E-state index contributed by atoms with van der Waals surface area (Å²) in [4.78, 5) is 22.4. The van der Waals surface area contributed by atoms with Crippen molar-refractivity contribution in [2.75, 3.05) is 13.2 Å². The molecule has 5 heteroatoms. The standard InChI is InChI=1S/C10H13NO4/c1-3-14-8(12)6-11-10(13)9-7(2)4-5-15-9/h4-5H,3,6H2,1-2H3,(H,11,13). The van der Waals surface area contributed by atoms with Crippen LogP contribution in [0.1, 0.15) is 23.0 Å². The quantitative estimate of drug-likeness (QED) is 0.750. The Morgan fingerprint density at radius 2 is 2.27 bits per heavy atom. The molecule has 0 spiro atoms. The Balaban J connectivity index is 2.44. The smallest absolute Gasteiger partial charge is 0.325 e. The van der Waals surface area contributed by atoms with Gasteiger partial charge < -0.3 is 14.5 Å². The van der Waals surface area contributed by atoms with Crippen molar-refractivity contribution in [3.8, 4) is 0 Å². The molecule has 0 unspecified atom stereocenters. The lowest BCUT2D eigenvalue weighted by Crippen LogP contribution is -2.30. The van der Waals surface area contributed by atoms with Crippen LogP contribution in [0.3, 0.4) is 0 Å². The van der Waals surface area contributed by atoms with Crippen LogP contribution in [-0.4, -0.2) is 25.0 Å². The Kier molecular flexibility index (Phi) is 3.91. The minimum absolute atomic E-state index is 0.146. The third kappa shape index (κ3) is 3.12. The average molecular weight is 211 g/mol. The lowest BCUT2D eigenvalue weighted by molar-refractivity contribution is -0.141. The van der Waals surface area contributed by atoms with Gasteiger partial charge in [0.15, 0.2) is 5.76 Å². The minimum Gasteiger partial charge on any atom is -0.465 e. The van der Waals surface area contributed by atoms with E-state index in [1.165, 1.54) is 6.26 Å². The van der Waals surface area contributed by atoms with E-state index in [0.29, 0.717) is 6.61 Å². The van der Waals surface area contributed by atoms with Crippen molar-refractivity contribution < 1.29 is 18.7 Å². The summed E-state index contributed by atoms with van der Waals surface area (Å²) in [6, 6.07) is 1.68. The van der Waals surface area contributed by atoms with Gasteiger partial charge in [0.2, 0.25) is 0 Å². The zero-order valence-corrected chi connectivity index (χ0v) is 8.70. The number of carbonyl (C=O) groups excluding carboxylic acids is 2. The molecule has 5 nitrogen and oxygen atoms in total. The second-order valence-electron chi connectivity index (χ2n) is 2.92. The number of carbonyl (C=O) groups is 2. The second-order valence-corrected chi connectivity index (χ2v) is 2.92. The molecule has 1 heterocycles. The van der Waals surface area contributed by atoms with Gasteiger partial charge in [-0.1, -0.05) is 0 Å². The van der Waals surface area contributed by atoms with E-state index in [-0.39, 0.29) is 12.3 Å². The van der Waals surface area contributed by atoms with Crippen LogP contribution < -0.4 is 5.32 Å². The minimum atomic E-state index is -0.463. The molecule has 1 amide bonds. The van der Waals surface area contributed by atoms with Crippen LogP contribution >= 0.6 is 0 Å².